The van der Waals surface area contributed by atoms with Gasteiger partial charge in [-0.25, -0.2) is 0 Å². The normalized spacial score (nSPS) is 15.3. The van der Waals surface area contributed by atoms with E-state index in [1.54, 1.807) is 0 Å². The predicted octanol–water partition coefficient (Wildman–Crippen LogP) is 2.62. The van der Waals surface area contributed by atoms with Crippen molar-refractivity contribution in [3.8, 4) is 0 Å². The molecule has 0 aliphatic rings. The van der Waals surface area contributed by atoms with E-state index in [1.807, 2.05) is 0 Å². The van der Waals surface area contributed by atoms with Gasteiger partial charge in [-0.05, 0) is 41.1 Å². The first-order chi connectivity index (χ1) is 8.15. The lowest BCUT2D eigenvalue weighted by atomic mass is 10.1. The molecule has 0 heterocycles. The molecule has 0 fully saturated rings. The minimum Gasteiger partial charge on any atom is -0.393 e. The summed E-state index contributed by atoms with van der Waals surface area (Å²) in [5.74, 6) is 0. The van der Waals surface area contributed by atoms with Crippen LogP contribution in [-0.4, -0.2) is 29.0 Å². The van der Waals surface area contributed by atoms with Gasteiger partial charge < -0.3 is 15.5 Å². The summed E-state index contributed by atoms with van der Waals surface area (Å²) in [4.78, 5) is 0. The summed E-state index contributed by atoms with van der Waals surface area (Å²) in [6, 6.07) is 3.16. The summed E-state index contributed by atoms with van der Waals surface area (Å²) >= 11 is 3.02. The monoisotopic (exact) mass is 327 g/mol. The molecule has 0 bridgehead atoms. The van der Waals surface area contributed by atoms with Gasteiger partial charge >= 0.3 is 6.18 Å². The summed E-state index contributed by atoms with van der Waals surface area (Å²) in [6.07, 6.45) is -4.39. The molecule has 3 N–H and O–H groups in total. The summed E-state index contributed by atoms with van der Waals surface area (Å²) in [6.45, 7) is 0.990. The molecule has 0 spiro atoms. The number of aliphatic hydroxyl groups excluding tert-OH is 1. The molecule has 0 radical (unpaired) electrons. The van der Waals surface area contributed by atoms with Crippen LogP contribution in [0.2, 0.25) is 0 Å². The molecular formula is C11H13BrF3NO2. The van der Waals surface area contributed by atoms with Crippen molar-refractivity contribution >= 4 is 21.6 Å². The zero-order valence-corrected chi connectivity index (χ0v) is 11.1. The lowest BCUT2D eigenvalue weighted by molar-refractivity contribution is -0.137. The van der Waals surface area contributed by atoms with Crippen LogP contribution < -0.4 is 5.32 Å². The van der Waals surface area contributed by atoms with Crippen molar-refractivity contribution in [2.24, 2.45) is 0 Å². The number of hydrogen-bond donors (Lipinski definition) is 3. The Morgan fingerprint density at radius 3 is 2.39 bits per heavy atom. The highest BCUT2D eigenvalue weighted by Crippen LogP contribution is 2.33. The van der Waals surface area contributed by atoms with Gasteiger partial charge in [0.1, 0.15) is 5.60 Å². The minimum atomic E-state index is -4.39. The van der Waals surface area contributed by atoms with E-state index in [0.717, 1.165) is 12.1 Å². The fourth-order valence-electron chi connectivity index (χ4n) is 1.18. The van der Waals surface area contributed by atoms with E-state index in [4.69, 9.17) is 5.11 Å². The Bertz CT molecular complexity index is 421. The van der Waals surface area contributed by atoms with Crippen LogP contribution in [0, 0.1) is 0 Å². The molecular weight excluding hydrogens is 315 g/mol. The third-order valence-electron chi connectivity index (χ3n) is 2.30. The Kier molecular flexibility index (Phi) is 4.63. The highest BCUT2D eigenvalue weighted by molar-refractivity contribution is 9.10. The second kappa shape index (κ2) is 5.46. The Balaban J connectivity index is 2.81. The number of rotatable bonds is 4. The summed E-state index contributed by atoms with van der Waals surface area (Å²) in [7, 11) is 0. The highest BCUT2D eigenvalue weighted by Gasteiger charge is 2.30. The topological polar surface area (TPSA) is 52.5 Å². The molecule has 7 heteroatoms. The van der Waals surface area contributed by atoms with Crippen LogP contribution in [0.1, 0.15) is 12.5 Å². The number of hydrogen-bond acceptors (Lipinski definition) is 3. The summed E-state index contributed by atoms with van der Waals surface area (Å²) < 4.78 is 37.5. The van der Waals surface area contributed by atoms with Gasteiger partial charge in [0, 0.05) is 16.7 Å². The third-order valence-corrected chi connectivity index (χ3v) is 2.95. The van der Waals surface area contributed by atoms with E-state index in [9.17, 15) is 18.3 Å². The van der Waals surface area contributed by atoms with Crippen molar-refractivity contribution in [3.05, 3.63) is 28.2 Å². The van der Waals surface area contributed by atoms with Crippen molar-refractivity contribution in [1.82, 2.24) is 0 Å². The maximum absolute atomic E-state index is 12.4. The zero-order valence-electron chi connectivity index (χ0n) is 9.55. The van der Waals surface area contributed by atoms with Gasteiger partial charge in [0.25, 0.3) is 0 Å². The van der Waals surface area contributed by atoms with Crippen molar-refractivity contribution in [3.63, 3.8) is 0 Å². The number of aliphatic hydroxyl groups is 2. The molecule has 1 aromatic carbocycles. The molecule has 0 saturated heterocycles. The van der Waals surface area contributed by atoms with Gasteiger partial charge in [-0.2, -0.15) is 13.2 Å². The third kappa shape index (κ3) is 4.15. The fourth-order valence-corrected chi connectivity index (χ4v) is 1.70. The van der Waals surface area contributed by atoms with E-state index in [2.05, 4.69) is 21.2 Å². The average molecular weight is 328 g/mol. The number of anilines is 1. The smallest absolute Gasteiger partial charge is 0.393 e. The number of benzene rings is 1. The average Bonchev–Trinajstić information content (AvgIpc) is 2.26. The van der Waals surface area contributed by atoms with E-state index in [1.165, 1.54) is 13.0 Å². The van der Waals surface area contributed by atoms with E-state index < -0.39 is 23.9 Å². The standard InChI is InChI=1S/C11H13BrF3NO2/c1-10(18,6-17)5-16-9-3-2-7(4-8(9)12)11(13,14)15/h2-4,16-18H,5-6H2,1H3. The summed E-state index contributed by atoms with van der Waals surface area (Å²) in [5, 5.41) is 21.2. The lowest BCUT2D eigenvalue weighted by Gasteiger charge is -2.22. The Hall–Kier alpha value is -0.790. The Labute approximate surface area is 111 Å². The molecule has 18 heavy (non-hydrogen) atoms. The Morgan fingerprint density at radius 2 is 1.94 bits per heavy atom. The molecule has 0 aromatic heterocycles. The van der Waals surface area contributed by atoms with Crippen LogP contribution in [0.5, 0.6) is 0 Å². The number of halogens is 4. The van der Waals surface area contributed by atoms with Gasteiger partial charge in [-0.1, -0.05) is 0 Å². The van der Waals surface area contributed by atoms with E-state index in [0.29, 0.717) is 5.69 Å². The molecule has 1 rings (SSSR count). The predicted molar refractivity (Wildman–Crippen MR) is 65.3 cm³/mol. The van der Waals surface area contributed by atoms with Crippen LogP contribution in [0.3, 0.4) is 0 Å². The summed E-state index contributed by atoms with van der Waals surface area (Å²) in [5.41, 5.74) is -1.67. The number of nitrogens with one attached hydrogen (secondary N) is 1. The van der Waals surface area contributed by atoms with E-state index >= 15 is 0 Å². The van der Waals surface area contributed by atoms with Crippen molar-refractivity contribution < 1.29 is 23.4 Å². The van der Waals surface area contributed by atoms with Gasteiger partial charge in [0.2, 0.25) is 0 Å². The zero-order chi connectivity index (χ0) is 14.0. The van der Waals surface area contributed by atoms with Crippen LogP contribution in [-0.2, 0) is 6.18 Å². The number of alkyl halides is 3. The molecule has 0 aliphatic carbocycles. The lowest BCUT2D eigenvalue weighted by Crippen LogP contribution is -2.37. The molecule has 0 aliphatic heterocycles. The first kappa shape index (κ1) is 15.3. The molecule has 1 atom stereocenters. The molecule has 1 aromatic rings. The van der Waals surface area contributed by atoms with Gasteiger partial charge in [0.15, 0.2) is 0 Å². The van der Waals surface area contributed by atoms with Crippen molar-refractivity contribution in [2.75, 3.05) is 18.5 Å². The second-order valence-electron chi connectivity index (χ2n) is 4.20. The quantitative estimate of drug-likeness (QED) is 0.796. The Morgan fingerprint density at radius 1 is 1.33 bits per heavy atom. The van der Waals surface area contributed by atoms with Gasteiger partial charge in [-0.3, -0.25) is 0 Å². The largest absolute Gasteiger partial charge is 0.416 e. The fraction of sp³-hybridized carbons (Fsp3) is 0.455. The van der Waals surface area contributed by atoms with Crippen LogP contribution in [0.15, 0.2) is 22.7 Å². The molecule has 0 saturated carbocycles. The van der Waals surface area contributed by atoms with Gasteiger partial charge in [-0.15, -0.1) is 0 Å². The van der Waals surface area contributed by atoms with Crippen molar-refractivity contribution in [2.45, 2.75) is 18.7 Å². The second-order valence-corrected chi connectivity index (χ2v) is 5.06. The van der Waals surface area contributed by atoms with Crippen molar-refractivity contribution in [1.29, 1.82) is 0 Å². The first-order valence-corrected chi connectivity index (χ1v) is 5.89. The van der Waals surface area contributed by atoms with Crippen LogP contribution in [0.25, 0.3) is 0 Å². The molecule has 1 unspecified atom stereocenters. The maximum Gasteiger partial charge on any atom is 0.416 e. The van der Waals surface area contributed by atoms with Gasteiger partial charge in [0.05, 0.1) is 12.2 Å². The van der Waals surface area contributed by atoms with Crippen LogP contribution >= 0.6 is 15.9 Å². The molecule has 3 nitrogen and oxygen atoms in total. The highest BCUT2D eigenvalue weighted by atomic mass is 79.9. The minimum absolute atomic E-state index is 0.0213. The van der Waals surface area contributed by atoms with E-state index in [-0.39, 0.29) is 11.0 Å². The van der Waals surface area contributed by atoms with Crippen LogP contribution in [0.4, 0.5) is 18.9 Å². The maximum atomic E-state index is 12.4. The molecule has 0 amide bonds. The molecule has 102 valence electrons. The first-order valence-electron chi connectivity index (χ1n) is 5.09. The SMILES string of the molecule is CC(O)(CO)CNc1ccc(C(F)(F)F)cc1Br.